The van der Waals surface area contributed by atoms with Crippen molar-refractivity contribution in [1.29, 1.82) is 0 Å². The molecule has 0 saturated heterocycles. The minimum Gasteiger partial charge on any atom is -0.273 e. The molecule has 1 amide bonds. The van der Waals surface area contributed by atoms with Gasteiger partial charge in [0.1, 0.15) is 0 Å². The minimum atomic E-state index is 0.204. The van der Waals surface area contributed by atoms with E-state index in [2.05, 4.69) is 12.0 Å². The van der Waals surface area contributed by atoms with Gasteiger partial charge in [-0.15, -0.1) is 0 Å². The van der Waals surface area contributed by atoms with E-state index in [1.54, 1.807) is 5.01 Å². The molecule has 1 aliphatic heterocycles. The van der Waals surface area contributed by atoms with Gasteiger partial charge in [0.05, 0.1) is 12.1 Å². The zero-order chi connectivity index (χ0) is 9.26. The third-order valence-electron chi connectivity index (χ3n) is 2.64. The van der Waals surface area contributed by atoms with Crippen LogP contribution in [0.1, 0.15) is 39.0 Å². The van der Waals surface area contributed by atoms with Crippen molar-refractivity contribution >= 4 is 11.6 Å². The topological polar surface area (TPSA) is 32.7 Å². The van der Waals surface area contributed by atoms with E-state index in [1.165, 1.54) is 12.8 Å². The smallest absolute Gasteiger partial charge is 0.248 e. The molecule has 0 N–H and O–H groups in total. The average molecular weight is 180 g/mol. The van der Waals surface area contributed by atoms with Crippen LogP contribution in [-0.2, 0) is 4.79 Å². The van der Waals surface area contributed by atoms with E-state index in [1.807, 2.05) is 0 Å². The first-order valence-electron chi connectivity index (χ1n) is 5.19. The summed E-state index contributed by atoms with van der Waals surface area (Å²) in [5.41, 5.74) is 1.14. The normalized spacial score (nSPS) is 22.4. The lowest BCUT2D eigenvalue weighted by atomic mass is 10.2. The Hall–Kier alpha value is -0.860. The van der Waals surface area contributed by atoms with Gasteiger partial charge in [0.15, 0.2) is 0 Å². The summed E-state index contributed by atoms with van der Waals surface area (Å²) in [5, 5.41) is 6.03. The number of unbranched alkanes of at least 4 members (excludes halogenated alkanes) is 1. The van der Waals surface area contributed by atoms with Gasteiger partial charge in [-0.1, -0.05) is 13.3 Å². The minimum absolute atomic E-state index is 0.204. The lowest BCUT2D eigenvalue weighted by molar-refractivity contribution is -0.128. The summed E-state index contributed by atoms with van der Waals surface area (Å²) in [6.45, 7) is 2.94. The highest BCUT2D eigenvalue weighted by molar-refractivity contribution is 6.06. The number of amides is 1. The Kier molecular flexibility index (Phi) is 2.34. The average Bonchev–Trinajstić information content (AvgIpc) is 2.89. The van der Waals surface area contributed by atoms with Crippen molar-refractivity contribution in [2.45, 2.75) is 39.0 Å². The number of nitrogens with zero attached hydrogens (tertiary/aromatic N) is 2. The molecule has 0 radical (unpaired) electrons. The van der Waals surface area contributed by atoms with Crippen LogP contribution in [0.4, 0.5) is 0 Å². The van der Waals surface area contributed by atoms with Crippen molar-refractivity contribution < 1.29 is 4.79 Å². The van der Waals surface area contributed by atoms with Gasteiger partial charge in [0.2, 0.25) is 5.91 Å². The highest BCUT2D eigenvalue weighted by Crippen LogP contribution is 2.34. The molecular weight excluding hydrogens is 164 g/mol. The van der Waals surface area contributed by atoms with Gasteiger partial charge in [-0.2, -0.15) is 5.10 Å². The maximum atomic E-state index is 11.4. The summed E-state index contributed by atoms with van der Waals surface area (Å²) in [4.78, 5) is 11.4. The predicted octanol–water partition coefficient (Wildman–Crippen LogP) is 1.78. The van der Waals surface area contributed by atoms with Crippen molar-refractivity contribution in [2.75, 3.05) is 6.54 Å². The first-order chi connectivity index (χ1) is 6.31. The van der Waals surface area contributed by atoms with Crippen LogP contribution in [0.3, 0.4) is 0 Å². The summed E-state index contributed by atoms with van der Waals surface area (Å²) < 4.78 is 0. The molecule has 3 nitrogen and oxygen atoms in total. The zero-order valence-corrected chi connectivity index (χ0v) is 8.12. The largest absolute Gasteiger partial charge is 0.273 e. The summed E-state index contributed by atoms with van der Waals surface area (Å²) in [7, 11) is 0. The predicted molar refractivity (Wildman–Crippen MR) is 51.4 cm³/mol. The third kappa shape index (κ3) is 1.90. The molecule has 0 aromatic carbocycles. The molecule has 2 rings (SSSR count). The second kappa shape index (κ2) is 3.48. The van der Waals surface area contributed by atoms with Gasteiger partial charge in [-0.3, -0.25) is 4.79 Å². The number of hydrogen-bond donors (Lipinski definition) is 0. The molecule has 1 heterocycles. The SMILES string of the molecule is CCCCN1N=C(C2CC2)CC1=O. The molecule has 0 aromatic rings. The molecule has 1 saturated carbocycles. The van der Waals surface area contributed by atoms with Crippen molar-refractivity contribution in [3.8, 4) is 0 Å². The second-order valence-electron chi connectivity index (χ2n) is 3.91. The molecule has 1 fully saturated rings. The fourth-order valence-corrected chi connectivity index (χ4v) is 1.62. The van der Waals surface area contributed by atoms with E-state index in [0.29, 0.717) is 12.3 Å². The first kappa shape index (κ1) is 8.73. The van der Waals surface area contributed by atoms with Gasteiger partial charge < -0.3 is 0 Å². The molecule has 0 unspecified atom stereocenters. The number of hydrazone groups is 1. The van der Waals surface area contributed by atoms with Gasteiger partial charge in [0, 0.05) is 6.54 Å². The molecule has 3 heteroatoms. The van der Waals surface area contributed by atoms with Crippen LogP contribution in [0.15, 0.2) is 5.10 Å². The van der Waals surface area contributed by atoms with Crippen LogP contribution < -0.4 is 0 Å². The quantitative estimate of drug-likeness (QED) is 0.649. The molecule has 0 spiro atoms. The third-order valence-corrected chi connectivity index (χ3v) is 2.64. The number of rotatable bonds is 4. The summed E-state index contributed by atoms with van der Waals surface area (Å²) in [6.07, 6.45) is 5.26. The summed E-state index contributed by atoms with van der Waals surface area (Å²) in [5.74, 6) is 0.853. The van der Waals surface area contributed by atoms with E-state index in [4.69, 9.17) is 0 Å². The maximum absolute atomic E-state index is 11.4. The highest BCUT2D eigenvalue weighted by atomic mass is 16.2. The van der Waals surface area contributed by atoms with Crippen molar-refractivity contribution in [3.05, 3.63) is 0 Å². The Morgan fingerprint density at radius 3 is 2.92 bits per heavy atom. The summed E-state index contributed by atoms with van der Waals surface area (Å²) in [6, 6.07) is 0. The number of carbonyl (C=O) groups excluding carboxylic acids is 1. The molecular formula is C10H16N2O. The fourth-order valence-electron chi connectivity index (χ4n) is 1.62. The van der Waals surface area contributed by atoms with Crippen LogP contribution in [-0.4, -0.2) is 23.2 Å². The molecule has 2 aliphatic rings. The van der Waals surface area contributed by atoms with Crippen molar-refractivity contribution in [3.63, 3.8) is 0 Å². The number of carbonyl (C=O) groups is 1. The monoisotopic (exact) mass is 180 g/mol. The van der Waals surface area contributed by atoms with E-state index < -0.39 is 0 Å². The Bertz CT molecular complexity index is 243. The van der Waals surface area contributed by atoms with Crippen molar-refractivity contribution in [2.24, 2.45) is 11.0 Å². The molecule has 1 aliphatic carbocycles. The van der Waals surface area contributed by atoms with Gasteiger partial charge >= 0.3 is 0 Å². The molecule has 0 aromatic heterocycles. The highest BCUT2D eigenvalue weighted by Gasteiger charge is 2.34. The van der Waals surface area contributed by atoms with E-state index >= 15 is 0 Å². The second-order valence-corrected chi connectivity index (χ2v) is 3.91. The fraction of sp³-hybridized carbons (Fsp3) is 0.800. The molecule has 0 bridgehead atoms. The van der Waals surface area contributed by atoms with Crippen LogP contribution >= 0.6 is 0 Å². The Morgan fingerprint density at radius 2 is 2.31 bits per heavy atom. The molecule has 72 valence electrons. The van der Waals surface area contributed by atoms with Gasteiger partial charge in [0.25, 0.3) is 0 Å². The zero-order valence-electron chi connectivity index (χ0n) is 8.12. The van der Waals surface area contributed by atoms with Crippen LogP contribution in [0, 0.1) is 5.92 Å². The first-order valence-corrected chi connectivity index (χ1v) is 5.19. The Labute approximate surface area is 78.8 Å². The Balaban J connectivity index is 1.91. The molecule has 0 atom stereocenters. The van der Waals surface area contributed by atoms with E-state index in [-0.39, 0.29) is 5.91 Å². The molecule has 13 heavy (non-hydrogen) atoms. The van der Waals surface area contributed by atoms with E-state index in [0.717, 1.165) is 25.1 Å². The lowest BCUT2D eigenvalue weighted by Crippen LogP contribution is -2.21. The standard InChI is InChI=1S/C10H16N2O/c1-2-3-6-12-10(13)7-9(11-12)8-4-5-8/h8H,2-7H2,1H3. The van der Waals surface area contributed by atoms with Crippen LogP contribution in [0.25, 0.3) is 0 Å². The maximum Gasteiger partial charge on any atom is 0.248 e. The van der Waals surface area contributed by atoms with Crippen LogP contribution in [0.5, 0.6) is 0 Å². The van der Waals surface area contributed by atoms with E-state index in [9.17, 15) is 4.79 Å². The van der Waals surface area contributed by atoms with Gasteiger partial charge in [-0.25, -0.2) is 5.01 Å². The number of hydrogen-bond acceptors (Lipinski definition) is 2. The van der Waals surface area contributed by atoms with Crippen molar-refractivity contribution in [1.82, 2.24) is 5.01 Å². The Morgan fingerprint density at radius 1 is 1.54 bits per heavy atom. The summed E-state index contributed by atoms with van der Waals surface area (Å²) >= 11 is 0. The van der Waals surface area contributed by atoms with Gasteiger partial charge in [-0.05, 0) is 25.2 Å². The van der Waals surface area contributed by atoms with Crippen LogP contribution in [0.2, 0.25) is 0 Å². The lowest BCUT2D eigenvalue weighted by Gasteiger charge is -2.09.